The van der Waals surface area contributed by atoms with E-state index in [1.165, 1.54) is 84.2 Å². The molecule has 0 saturated carbocycles. The van der Waals surface area contributed by atoms with Gasteiger partial charge in [-0.25, -0.2) is 0 Å². The van der Waals surface area contributed by atoms with Gasteiger partial charge in [0, 0.05) is 31.2 Å². The van der Waals surface area contributed by atoms with Crippen molar-refractivity contribution in [2.45, 2.75) is 109 Å². The van der Waals surface area contributed by atoms with Crippen LogP contribution in [0.3, 0.4) is 0 Å². The molecule has 44 heavy (non-hydrogen) atoms. The van der Waals surface area contributed by atoms with Crippen molar-refractivity contribution in [2.24, 2.45) is 0 Å². The minimum absolute atomic E-state index is 0.170. The van der Waals surface area contributed by atoms with Crippen LogP contribution >= 0.6 is 7.82 Å². The van der Waals surface area contributed by atoms with Gasteiger partial charge in [0.05, 0.1) is 18.8 Å². The molecular weight excluding hydrogens is 573 g/mol. The Bertz CT molecular complexity index is 1230. The van der Waals surface area contributed by atoms with E-state index < -0.39 is 13.9 Å². The van der Waals surface area contributed by atoms with Crippen LogP contribution in [-0.4, -0.2) is 33.0 Å². The minimum Gasteiger partial charge on any atom is -0.746 e. The first-order valence-electron chi connectivity index (χ1n) is 16.7. The maximum absolute atomic E-state index is 12.7. The van der Waals surface area contributed by atoms with E-state index in [1.807, 2.05) is 54.7 Å². The first-order chi connectivity index (χ1) is 21.5. The van der Waals surface area contributed by atoms with E-state index in [-0.39, 0.29) is 19.0 Å². The van der Waals surface area contributed by atoms with Gasteiger partial charge < -0.3 is 23.4 Å². The standard InChI is InChI=1S/C36H54NO6P/c1-3-4-5-6-7-8-9-10-11-12-13-14-15-20-28-41-30-34(40-2)31-42-44(38,39)43-36-26-19-17-23-33(36)29-37-27-21-24-32-22-16-18-25-35(32)37/h16-19,21-27,34H,3-15,20,28-31H2,1-2H3. The largest absolute Gasteiger partial charge is 0.746 e. The molecule has 0 spiro atoms. The summed E-state index contributed by atoms with van der Waals surface area (Å²) in [5.74, 6) is 0.245. The van der Waals surface area contributed by atoms with Crippen LogP contribution in [0.4, 0.5) is 0 Å². The maximum atomic E-state index is 12.7. The zero-order chi connectivity index (χ0) is 31.3. The number of para-hydroxylation sites is 2. The van der Waals surface area contributed by atoms with Gasteiger partial charge in [-0.3, -0.25) is 4.57 Å². The van der Waals surface area contributed by atoms with Gasteiger partial charge in [-0.05, 0) is 30.7 Å². The highest BCUT2D eigenvalue weighted by Crippen LogP contribution is 2.41. The summed E-state index contributed by atoms with van der Waals surface area (Å²) in [6.07, 6.45) is 19.9. The Kier molecular flexibility index (Phi) is 17.6. The van der Waals surface area contributed by atoms with Crippen LogP contribution in [-0.2, 0) is 25.1 Å². The molecule has 2 aromatic carbocycles. The van der Waals surface area contributed by atoms with E-state index in [0.717, 1.165) is 29.3 Å². The summed E-state index contributed by atoms with van der Waals surface area (Å²) in [5, 5.41) is 1.10. The predicted molar refractivity (Wildman–Crippen MR) is 176 cm³/mol. The van der Waals surface area contributed by atoms with Crippen molar-refractivity contribution >= 4 is 18.7 Å². The van der Waals surface area contributed by atoms with Crippen molar-refractivity contribution in [2.75, 3.05) is 26.9 Å². The second-order valence-corrected chi connectivity index (χ2v) is 13.0. The Morgan fingerprint density at radius 1 is 0.750 bits per heavy atom. The number of ether oxygens (including phenoxy) is 2. The minimum atomic E-state index is -4.63. The Labute approximate surface area is 265 Å². The molecular formula is C36H54NO6P. The van der Waals surface area contributed by atoms with Crippen molar-refractivity contribution in [3.63, 3.8) is 0 Å². The van der Waals surface area contributed by atoms with Crippen LogP contribution in [0.15, 0.2) is 66.9 Å². The lowest BCUT2D eigenvalue weighted by molar-refractivity contribution is -0.662. The molecule has 0 aliphatic rings. The maximum Gasteiger partial charge on any atom is 0.319 e. The molecule has 2 atom stereocenters. The molecule has 0 bridgehead atoms. The average Bonchev–Trinajstić information content (AvgIpc) is 3.03. The third kappa shape index (κ3) is 14.2. The fraction of sp³-hybridized carbons (Fsp3) is 0.583. The number of pyridine rings is 1. The highest BCUT2D eigenvalue weighted by atomic mass is 31.2. The summed E-state index contributed by atoms with van der Waals surface area (Å²) in [5.41, 5.74) is 1.77. The second kappa shape index (κ2) is 21.5. The monoisotopic (exact) mass is 627 g/mol. The van der Waals surface area contributed by atoms with Crippen molar-refractivity contribution in [1.29, 1.82) is 0 Å². The molecule has 7 nitrogen and oxygen atoms in total. The molecule has 1 heterocycles. The van der Waals surface area contributed by atoms with Gasteiger partial charge in [0.1, 0.15) is 11.9 Å². The first kappa shape index (κ1) is 36.2. The third-order valence-electron chi connectivity index (χ3n) is 8.01. The highest BCUT2D eigenvalue weighted by Gasteiger charge is 2.19. The van der Waals surface area contributed by atoms with Gasteiger partial charge in [-0.1, -0.05) is 115 Å². The van der Waals surface area contributed by atoms with Gasteiger partial charge in [-0.15, -0.1) is 0 Å². The molecule has 0 N–H and O–H groups in total. The Hall–Kier alpha value is -2.28. The fourth-order valence-electron chi connectivity index (χ4n) is 5.38. The normalized spacial score (nSPS) is 13.6. The number of rotatable bonds is 25. The number of hydrogen-bond donors (Lipinski definition) is 0. The lowest BCUT2D eigenvalue weighted by Crippen LogP contribution is -2.34. The van der Waals surface area contributed by atoms with Crippen molar-refractivity contribution in [3.05, 3.63) is 72.4 Å². The number of benzene rings is 2. The van der Waals surface area contributed by atoms with E-state index in [0.29, 0.717) is 13.2 Å². The highest BCUT2D eigenvalue weighted by molar-refractivity contribution is 7.46. The molecule has 0 amide bonds. The molecule has 0 saturated heterocycles. The quantitative estimate of drug-likeness (QED) is 0.0532. The van der Waals surface area contributed by atoms with Gasteiger partial charge in [-0.2, -0.15) is 4.57 Å². The number of phosphoric acid groups is 1. The molecule has 0 radical (unpaired) electrons. The smallest absolute Gasteiger partial charge is 0.319 e. The molecule has 0 fully saturated rings. The summed E-state index contributed by atoms with van der Waals surface area (Å²) in [4.78, 5) is 12.7. The van der Waals surface area contributed by atoms with E-state index in [4.69, 9.17) is 18.5 Å². The number of phosphoric ester groups is 1. The van der Waals surface area contributed by atoms with Gasteiger partial charge in [0.15, 0.2) is 12.7 Å². The molecule has 0 aliphatic heterocycles. The fourth-order valence-corrected chi connectivity index (χ4v) is 6.21. The molecule has 3 aromatic rings. The number of hydrogen-bond acceptors (Lipinski definition) is 6. The van der Waals surface area contributed by atoms with E-state index in [9.17, 15) is 9.46 Å². The van der Waals surface area contributed by atoms with Gasteiger partial charge in [0.2, 0.25) is 5.52 Å². The number of aromatic nitrogens is 1. The first-order valence-corrected chi connectivity index (χ1v) is 18.2. The second-order valence-electron chi connectivity index (χ2n) is 11.7. The number of methoxy groups -OCH3 is 1. The summed E-state index contributed by atoms with van der Waals surface area (Å²) in [6.45, 7) is 3.44. The number of fused-ring (bicyclic) bond motifs is 1. The predicted octanol–water partition coefficient (Wildman–Crippen LogP) is 8.55. The molecule has 244 valence electrons. The van der Waals surface area contributed by atoms with E-state index in [1.54, 1.807) is 12.1 Å². The van der Waals surface area contributed by atoms with Gasteiger partial charge in [0.25, 0.3) is 0 Å². The van der Waals surface area contributed by atoms with Crippen molar-refractivity contribution < 1.29 is 32.5 Å². The lowest BCUT2D eigenvalue weighted by Gasteiger charge is -2.26. The number of unbranched alkanes of at least 4 members (excludes halogenated alkanes) is 13. The summed E-state index contributed by atoms with van der Waals surface area (Å²) in [7, 11) is -3.11. The zero-order valence-electron chi connectivity index (χ0n) is 27.0. The van der Waals surface area contributed by atoms with Crippen molar-refractivity contribution in [3.8, 4) is 5.75 Å². The topological polar surface area (TPSA) is 80.9 Å². The average molecular weight is 628 g/mol. The molecule has 2 unspecified atom stereocenters. The van der Waals surface area contributed by atoms with E-state index in [2.05, 4.69) is 11.5 Å². The SMILES string of the molecule is CCCCCCCCCCCCCCCCOCC(COP(=O)([O-])Oc1ccccc1C[n+]1cccc2ccccc21)OC. The van der Waals surface area contributed by atoms with Crippen LogP contribution in [0.1, 0.15) is 102 Å². The lowest BCUT2D eigenvalue weighted by atomic mass is 10.0. The van der Waals surface area contributed by atoms with Crippen LogP contribution in [0.25, 0.3) is 10.9 Å². The van der Waals surface area contributed by atoms with Gasteiger partial charge >= 0.3 is 7.82 Å². The molecule has 8 heteroatoms. The summed E-state index contributed by atoms with van der Waals surface area (Å²) >= 11 is 0. The number of nitrogens with zero attached hydrogens (tertiary/aromatic N) is 1. The summed E-state index contributed by atoms with van der Waals surface area (Å²) < 4.78 is 36.6. The van der Waals surface area contributed by atoms with Crippen LogP contribution in [0, 0.1) is 0 Å². The van der Waals surface area contributed by atoms with E-state index >= 15 is 0 Å². The Morgan fingerprint density at radius 3 is 2.02 bits per heavy atom. The van der Waals surface area contributed by atoms with Crippen LogP contribution in [0.2, 0.25) is 0 Å². The molecule has 3 rings (SSSR count). The molecule has 1 aromatic heterocycles. The Balaban J connectivity index is 1.28. The zero-order valence-corrected chi connectivity index (χ0v) is 27.9. The van der Waals surface area contributed by atoms with Crippen LogP contribution < -0.4 is 14.0 Å². The van der Waals surface area contributed by atoms with Crippen LogP contribution in [0.5, 0.6) is 5.75 Å². The Morgan fingerprint density at radius 2 is 1.34 bits per heavy atom. The summed E-state index contributed by atoms with van der Waals surface area (Å²) in [6, 6.07) is 19.2. The van der Waals surface area contributed by atoms with Crippen molar-refractivity contribution in [1.82, 2.24) is 0 Å². The third-order valence-corrected chi connectivity index (χ3v) is 8.89. The molecule has 0 aliphatic carbocycles.